The summed E-state index contributed by atoms with van der Waals surface area (Å²) in [7, 11) is 0. The molecule has 0 spiro atoms. The number of aryl methyl sites for hydroxylation is 1. The average molecular weight is 521 g/mol. The number of hydrogen-bond donors (Lipinski definition) is 0. The van der Waals surface area contributed by atoms with Crippen LogP contribution in [0, 0.1) is 6.92 Å². The van der Waals surface area contributed by atoms with E-state index in [4.69, 9.17) is 19.2 Å². The van der Waals surface area contributed by atoms with Crippen LogP contribution >= 0.6 is 0 Å². The van der Waals surface area contributed by atoms with Crippen molar-refractivity contribution in [3.63, 3.8) is 0 Å². The number of benzene rings is 3. The summed E-state index contributed by atoms with van der Waals surface area (Å²) >= 11 is 0. The molecule has 3 heterocycles. The van der Waals surface area contributed by atoms with Crippen molar-refractivity contribution in [1.82, 2.24) is 4.57 Å². The molecule has 1 saturated heterocycles. The third kappa shape index (κ3) is 5.94. The SMILES string of the molecule is Cc1c(OCc2ccccc2)c/c(=N/CC2CCCCO2)n2c1-c1ccc(OCc3ccccc3)cc1CC2. The van der Waals surface area contributed by atoms with E-state index in [1.54, 1.807) is 0 Å². The van der Waals surface area contributed by atoms with Crippen molar-refractivity contribution in [3.05, 3.63) is 113 Å². The number of rotatable bonds is 8. The zero-order valence-electron chi connectivity index (χ0n) is 22.6. The van der Waals surface area contributed by atoms with Gasteiger partial charge in [-0.1, -0.05) is 60.7 Å². The summed E-state index contributed by atoms with van der Waals surface area (Å²) in [6.07, 6.45) is 4.57. The topological polar surface area (TPSA) is 45.0 Å². The summed E-state index contributed by atoms with van der Waals surface area (Å²) in [6.45, 7) is 5.64. The van der Waals surface area contributed by atoms with Crippen LogP contribution in [0.25, 0.3) is 11.3 Å². The molecule has 3 aromatic carbocycles. The summed E-state index contributed by atoms with van der Waals surface area (Å²) in [5.41, 5.74) is 8.12. The van der Waals surface area contributed by atoms with Crippen molar-refractivity contribution in [1.29, 1.82) is 0 Å². The molecule has 200 valence electrons. The maximum atomic E-state index is 6.42. The first kappa shape index (κ1) is 25.4. The Balaban J connectivity index is 1.33. The van der Waals surface area contributed by atoms with Crippen LogP contribution in [0.3, 0.4) is 0 Å². The van der Waals surface area contributed by atoms with Crippen molar-refractivity contribution in [2.45, 2.75) is 58.5 Å². The Bertz CT molecular complexity index is 1470. The predicted octanol–water partition coefficient (Wildman–Crippen LogP) is 6.65. The largest absolute Gasteiger partial charge is 0.489 e. The molecule has 5 heteroatoms. The number of hydrogen-bond acceptors (Lipinski definition) is 4. The summed E-state index contributed by atoms with van der Waals surface area (Å²) in [5, 5.41) is 0. The molecule has 0 aliphatic carbocycles. The van der Waals surface area contributed by atoms with Gasteiger partial charge in [0.15, 0.2) is 0 Å². The van der Waals surface area contributed by atoms with E-state index in [0.717, 1.165) is 60.5 Å². The van der Waals surface area contributed by atoms with Crippen LogP contribution in [0.4, 0.5) is 0 Å². The lowest BCUT2D eigenvalue weighted by Gasteiger charge is -2.27. The fourth-order valence-electron chi connectivity index (χ4n) is 5.54. The van der Waals surface area contributed by atoms with E-state index in [0.29, 0.717) is 19.8 Å². The lowest BCUT2D eigenvalue weighted by molar-refractivity contribution is 0.0219. The lowest BCUT2D eigenvalue weighted by Crippen LogP contribution is -2.30. The fraction of sp³-hybridized carbons (Fsp3) is 0.324. The highest BCUT2D eigenvalue weighted by Crippen LogP contribution is 2.36. The lowest BCUT2D eigenvalue weighted by atomic mass is 9.94. The zero-order chi connectivity index (χ0) is 26.4. The van der Waals surface area contributed by atoms with Crippen LogP contribution in [0.1, 0.15) is 41.5 Å². The van der Waals surface area contributed by atoms with Gasteiger partial charge in [0.2, 0.25) is 0 Å². The van der Waals surface area contributed by atoms with Gasteiger partial charge in [-0.3, -0.25) is 4.99 Å². The molecule has 0 bridgehead atoms. The Morgan fingerprint density at radius 2 is 1.62 bits per heavy atom. The third-order valence-corrected chi connectivity index (χ3v) is 7.68. The Hall–Kier alpha value is -3.83. The van der Waals surface area contributed by atoms with E-state index in [9.17, 15) is 0 Å². The van der Waals surface area contributed by atoms with Crippen LogP contribution in [0.5, 0.6) is 11.5 Å². The van der Waals surface area contributed by atoms with E-state index in [1.807, 2.05) is 36.4 Å². The standard InChI is InChI=1S/C34H36N2O3/c1-25-32(39-24-27-12-6-3-7-13-27)21-33(35-22-30-14-8-9-19-37-30)36-18-17-28-20-29(15-16-31(28)34(25)36)38-23-26-10-4-2-5-11-26/h2-7,10-13,15-16,20-21,30H,8-9,14,17-19,22-24H2,1H3/b35-33-. The Labute approximate surface area is 230 Å². The van der Waals surface area contributed by atoms with Gasteiger partial charge in [0.25, 0.3) is 0 Å². The van der Waals surface area contributed by atoms with Crippen molar-refractivity contribution in [2.24, 2.45) is 4.99 Å². The second-order valence-corrected chi connectivity index (χ2v) is 10.4. The number of fused-ring (bicyclic) bond motifs is 3. The summed E-state index contributed by atoms with van der Waals surface area (Å²) in [5.74, 6) is 1.78. The molecular weight excluding hydrogens is 484 g/mol. The molecule has 0 radical (unpaired) electrons. The van der Waals surface area contributed by atoms with Crippen LogP contribution in [0.2, 0.25) is 0 Å². The summed E-state index contributed by atoms with van der Waals surface area (Å²) in [4.78, 5) is 5.09. The molecule has 0 saturated carbocycles. The van der Waals surface area contributed by atoms with Crippen molar-refractivity contribution < 1.29 is 14.2 Å². The van der Waals surface area contributed by atoms with Crippen molar-refractivity contribution in [2.75, 3.05) is 13.2 Å². The van der Waals surface area contributed by atoms with Crippen LogP contribution in [-0.4, -0.2) is 23.8 Å². The van der Waals surface area contributed by atoms with Crippen LogP contribution in [0.15, 0.2) is 89.9 Å². The molecule has 39 heavy (non-hydrogen) atoms. The zero-order valence-corrected chi connectivity index (χ0v) is 22.6. The minimum Gasteiger partial charge on any atom is -0.489 e. The second kappa shape index (κ2) is 11.9. The van der Waals surface area contributed by atoms with Gasteiger partial charge in [-0.25, -0.2) is 0 Å². The van der Waals surface area contributed by atoms with Gasteiger partial charge in [0.05, 0.1) is 18.3 Å². The van der Waals surface area contributed by atoms with Gasteiger partial charge in [-0.15, -0.1) is 0 Å². The van der Waals surface area contributed by atoms with Crippen LogP contribution < -0.4 is 15.0 Å². The summed E-state index contributed by atoms with van der Waals surface area (Å²) in [6, 6.07) is 29.2. The third-order valence-electron chi connectivity index (χ3n) is 7.68. The first-order valence-corrected chi connectivity index (χ1v) is 14.1. The molecule has 0 N–H and O–H groups in total. The van der Waals surface area contributed by atoms with E-state index in [-0.39, 0.29) is 6.10 Å². The molecule has 1 aromatic heterocycles. The Morgan fingerprint density at radius 1 is 0.872 bits per heavy atom. The van der Waals surface area contributed by atoms with E-state index < -0.39 is 0 Å². The molecule has 4 aromatic rings. The maximum Gasteiger partial charge on any atom is 0.131 e. The molecule has 1 atom stereocenters. The van der Waals surface area contributed by atoms with E-state index in [1.165, 1.54) is 28.8 Å². The molecule has 1 unspecified atom stereocenters. The van der Waals surface area contributed by atoms with Gasteiger partial charge in [-0.2, -0.15) is 0 Å². The quantitative estimate of drug-likeness (QED) is 0.261. The fourth-order valence-corrected chi connectivity index (χ4v) is 5.54. The van der Waals surface area contributed by atoms with Gasteiger partial charge < -0.3 is 18.8 Å². The molecule has 1 fully saturated rings. The minimum atomic E-state index is 0.199. The predicted molar refractivity (Wildman–Crippen MR) is 154 cm³/mol. The molecule has 2 aliphatic heterocycles. The smallest absolute Gasteiger partial charge is 0.131 e. The second-order valence-electron chi connectivity index (χ2n) is 10.4. The first-order valence-electron chi connectivity index (χ1n) is 14.1. The number of ether oxygens (including phenoxy) is 3. The Kier molecular flexibility index (Phi) is 7.78. The van der Waals surface area contributed by atoms with Gasteiger partial charge in [0.1, 0.15) is 30.2 Å². The number of pyridine rings is 1. The van der Waals surface area contributed by atoms with E-state index in [2.05, 4.69) is 60.0 Å². The maximum absolute atomic E-state index is 6.42. The van der Waals surface area contributed by atoms with Gasteiger partial charge >= 0.3 is 0 Å². The Morgan fingerprint density at radius 3 is 2.33 bits per heavy atom. The molecule has 5 nitrogen and oxygen atoms in total. The van der Waals surface area contributed by atoms with Gasteiger partial charge in [0, 0.05) is 30.3 Å². The molecule has 2 aliphatic rings. The van der Waals surface area contributed by atoms with Crippen LogP contribution in [-0.2, 0) is 30.9 Å². The highest BCUT2D eigenvalue weighted by Gasteiger charge is 2.22. The highest BCUT2D eigenvalue weighted by molar-refractivity contribution is 5.71. The van der Waals surface area contributed by atoms with Gasteiger partial charge in [-0.05, 0) is 67.5 Å². The molecule has 6 rings (SSSR count). The van der Waals surface area contributed by atoms with Crippen molar-refractivity contribution >= 4 is 0 Å². The first-order chi connectivity index (χ1) is 19.2. The molecule has 0 amide bonds. The summed E-state index contributed by atoms with van der Waals surface area (Å²) < 4.78 is 20.9. The normalized spacial score (nSPS) is 16.8. The monoisotopic (exact) mass is 520 g/mol. The number of aromatic nitrogens is 1. The minimum absolute atomic E-state index is 0.199. The highest BCUT2D eigenvalue weighted by atomic mass is 16.5. The average Bonchev–Trinajstić information content (AvgIpc) is 3.00. The van der Waals surface area contributed by atoms with Crippen molar-refractivity contribution in [3.8, 4) is 22.8 Å². The number of nitrogens with zero attached hydrogens (tertiary/aromatic N) is 2. The molecular formula is C34H36N2O3. The van der Waals surface area contributed by atoms with E-state index >= 15 is 0 Å².